The number of hydrogen-bond donors (Lipinski definition) is 1. The molecule has 0 spiro atoms. The number of nitrogens with one attached hydrogen (secondary N) is 1. The molecule has 2 aromatic heterocycles. The molecule has 0 fully saturated rings. The van der Waals surface area contributed by atoms with E-state index in [0.29, 0.717) is 10.2 Å². The van der Waals surface area contributed by atoms with Crippen LogP contribution in [0.4, 0.5) is 18.3 Å². The molecular formula is C14H7F3N2O3S2. The molecule has 0 aliphatic carbocycles. The summed E-state index contributed by atoms with van der Waals surface area (Å²) in [6.07, 6.45) is -4.80. The van der Waals surface area contributed by atoms with Crippen molar-refractivity contribution >= 4 is 43.9 Å². The second-order valence-corrected chi connectivity index (χ2v) is 6.35. The number of carbonyl (C=O) groups is 1. The zero-order chi connectivity index (χ0) is 17.3. The van der Waals surface area contributed by atoms with Crippen LogP contribution in [-0.4, -0.2) is 17.3 Å². The van der Waals surface area contributed by atoms with Crippen molar-refractivity contribution in [3.8, 4) is 5.75 Å². The van der Waals surface area contributed by atoms with Gasteiger partial charge in [0.2, 0.25) is 0 Å². The van der Waals surface area contributed by atoms with Gasteiger partial charge in [-0.05, 0) is 35.7 Å². The summed E-state index contributed by atoms with van der Waals surface area (Å²) in [5, 5.41) is 4.29. The SMILES string of the molecule is O=C(Nc1nc2ccsc2c(=O)s1)c1ccc(OC(F)(F)F)cc1. The Hall–Kier alpha value is -2.46. The summed E-state index contributed by atoms with van der Waals surface area (Å²) in [7, 11) is 0. The third-order valence-electron chi connectivity index (χ3n) is 2.81. The minimum absolute atomic E-state index is 0.108. The van der Waals surface area contributed by atoms with Crippen LogP contribution in [0.3, 0.4) is 0 Å². The summed E-state index contributed by atoms with van der Waals surface area (Å²) < 4.78 is 40.3. The largest absolute Gasteiger partial charge is 0.573 e. The number of ether oxygens (including phenoxy) is 1. The van der Waals surface area contributed by atoms with E-state index >= 15 is 0 Å². The van der Waals surface area contributed by atoms with Gasteiger partial charge in [-0.25, -0.2) is 4.98 Å². The van der Waals surface area contributed by atoms with Gasteiger partial charge >= 0.3 is 6.36 Å². The van der Waals surface area contributed by atoms with Gasteiger partial charge in [0, 0.05) is 5.56 Å². The van der Waals surface area contributed by atoms with E-state index in [-0.39, 0.29) is 15.4 Å². The highest BCUT2D eigenvalue weighted by molar-refractivity contribution is 7.21. The van der Waals surface area contributed by atoms with Crippen LogP contribution in [0.2, 0.25) is 0 Å². The highest BCUT2D eigenvalue weighted by atomic mass is 32.1. The molecule has 0 unspecified atom stereocenters. The van der Waals surface area contributed by atoms with E-state index in [0.717, 1.165) is 23.5 Å². The lowest BCUT2D eigenvalue weighted by Gasteiger charge is -2.09. The van der Waals surface area contributed by atoms with Gasteiger partial charge in [0.05, 0.1) is 5.52 Å². The molecule has 10 heteroatoms. The average molecular weight is 372 g/mol. The van der Waals surface area contributed by atoms with Crippen LogP contribution >= 0.6 is 22.7 Å². The quantitative estimate of drug-likeness (QED) is 0.758. The first-order chi connectivity index (χ1) is 11.3. The molecule has 24 heavy (non-hydrogen) atoms. The molecule has 3 aromatic rings. The minimum atomic E-state index is -4.80. The third-order valence-corrected chi connectivity index (χ3v) is 4.62. The van der Waals surface area contributed by atoms with Crippen LogP contribution in [0.15, 0.2) is 40.5 Å². The number of anilines is 1. The van der Waals surface area contributed by atoms with E-state index < -0.39 is 18.0 Å². The van der Waals surface area contributed by atoms with E-state index in [9.17, 15) is 22.8 Å². The Morgan fingerprint density at radius 2 is 1.88 bits per heavy atom. The Bertz CT molecular complexity index is 948. The number of aromatic nitrogens is 1. The number of thiophene rings is 1. The molecule has 5 nitrogen and oxygen atoms in total. The molecular weight excluding hydrogens is 365 g/mol. The number of benzene rings is 1. The first-order valence-corrected chi connectivity index (χ1v) is 8.07. The molecule has 1 amide bonds. The average Bonchev–Trinajstić information content (AvgIpc) is 2.95. The second kappa shape index (κ2) is 6.21. The number of rotatable bonds is 3. The number of carbonyl (C=O) groups excluding carboxylic acids is 1. The van der Waals surface area contributed by atoms with Gasteiger partial charge in [0.15, 0.2) is 5.13 Å². The molecule has 2 heterocycles. The number of halogens is 3. The zero-order valence-electron chi connectivity index (χ0n) is 11.6. The topological polar surface area (TPSA) is 68.3 Å². The summed E-state index contributed by atoms with van der Waals surface area (Å²) in [6.45, 7) is 0. The van der Waals surface area contributed by atoms with Crippen LogP contribution < -0.4 is 14.8 Å². The lowest BCUT2D eigenvalue weighted by atomic mass is 10.2. The Labute approximate surface area is 140 Å². The third kappa shape index (κ3) is 3.71. The molecule has 1 aromatic carbocycles. The first-order valence-electron chi connectivity index (χ1n) is 6.37. The second-order valence-electron chi connectivity index (χ2n) is 4.47. The fraction of sp³-hybridized carbons (Fsp3) is 0.0714. The summed E-state index contributed by atoms with van der Waals surface area (Å²) in [5.74, 6) is -1.02. The van der Waals surface area contributed by atoms with Crippen molar-refractivity contribution < 1.29 is 22.7 Å². The van der Waals surface area contributed by atoms with Crippen molar-refractivity contribution in [3.63, 3.8) is 0 Å². The van der Waals surface area contributed by atoms with Crippen LogP contribution in [0.1, 0.15) is 10.4 Å². The number of alkyl halides is 3. The maximum Gasteiger partial charge on any atom is 0.573 e. The number of amides is 1. The maximum absolute atomic E-state index is 12.1. The fourth-order valence-corrected chi connectivity index (χ4v) is 3.43. The van der Waals surface area contributed by atoms with Gasteiger partial charge in [-0.1, -0.05) is 11.3 Å². The predicted octanol–water partition coefficient (Wildman–Crippen LogP) is 3.87. The number of fused-ring (bicyclic) bond motifs is 1. The summed E-state index contributed by atoms with van der Waals surface area (Å²) in [5.41, 5.74) is 0.587. The van der Waals surface area contributed by atoms with Crippen molar-refractivity contribution in [1.29, 1.82) is 0 Å². The molecule has 0 radical (unpaired) electrons. The van der Waals surface area contributed by atoms with Gasteiger partial charge in [-0.3, -0.25) is 14.9 Å². The number of hydrogen-bond acceptors (Lipinski definition) is 6. The first kappa shape index (κ1) is 16.4. The fourth-order valence-electron chi connectivity index (χ4n) is 1.84. The Balaban J connectivity index is 1.77. The standard InChI is InChI=1S/C14H7F3N2O3S2/c15-14(16,17)22-8-3-1-7(2-4-8)11(20)19-13-18-9-5-6-23-10(9)12(21)24-13/h1-6H,(H,18,19,20). The smallest absolute Gasteiger partial charge is 0.406 e. The molecule has 1 N–H and O–H groups in total. The van der Waals surface area contributed by atoms with Gasteiger partial charge in [0.1, 0.15) is 10.4 Å². The van der Waals surface area contributed by atoms with E-state index in [1.54, 1.807) is 11.4 Å². The molecule has 0 aliphatic heterocycles. The van der Waals surface area contributed by atoms with Crippen molar-refractivity contribution in [2.45, 2.75) is 6.36 Å². The van der Waals surface area contributed by atoms with Gasteiger partial charge in [-0.2, -0.15) is 0 Å². The monoisotopic (exact) mass is 372 g/mol. The molecule has 0 saturated heterocycles. The maximum atomic E-state index is 12.1. The van der Waals surface area contributed by atoms with Gasteiger partial charge in [-0.15, -0.1) is 24.5 Å². The van der Waals surface area contributed by atoms with Crippen LogP contribution in [0, 0.1) is 0 Å². The normalized spacial score (nSPS) is 11.5. The molecule has 0 saturated carbocycles. The number of nitrogens with zero attached hydrogens (tertiary/aromatic N) is 1. The van der Waals surface area contributed by atoms with E-state index in [2.05, 4.69) is 15.0 Å². The van der Waals surface area contributed by atoms with E-state index in [1.807, 2.05) is 0 Å². The van der Waals surface area contributed by atoms with Crippen molar-refractivity contribution in [1.82, 2.24) is 4.98 Å². The van der Waals surface area contributed by atoms with Crippen LogP contribution in [-0.2, 0) is 0 Å². The van der Waals surface area contributed by atoms with E-state index in [1.165, 1.54) is 23.5 Å². The van der Waals surface area contributed by atoms with Crippen molar-refractivity contribution in [2.24, 2.45) is 0 Å². The molecule has 0 atom stereocenters. The molecule has 0 bridgehead atoms. The van der Waals surface area contributed by atoms with Crippen LogP contribution in [0.5, 0.6) is 5.75 Å². The zero-order valence-corrected chi connectivity index (χ0v) is 13.2. The van der Waals surface area contributed by atoms with Crippen molar-refractivity contribution in [3.05, 3.63) is 50.8 Å². The highest BCUT2D eigenvalue weighted by Crippen LogP contribution is 2.23. The Morgan fingerprint density at radius 1 is 1.17 bits per heavy atom. The van der Waals surface area contributed by atoms with Crippen LogP contribution in [0.25, 0.3) is 10.2 Å². The molecule has 124 valence electrons. The lowest BCUT2D eigenvalue weighted by molar-refractivity contribution is -0.274. The van der Waals surface area contributed by atoms with Gasteiger partial charge in [0.25, 0.3) is 10.6 Å². The predicted molar refractivity (Wildman–Crippen MR) is 84.8 cm³/mol. The van der Waals surface area contributed by atoms with Gasteiger partial charge < -0.3 is 4.74 Å². The van der Waals surface area contributed by atoms with E-state index in [4.69, 9.17) is 0 Å². The Kier molecular flexibility index (Phi) is 4.24. The lowest BCUT2D eigenvalue weighted by Crippen LogP contribution is -2.17. The van der Waals surface area contributed by atoms with Crippen molar-refractivity contribution in [2.75, 3.05) is 5.32 Å². The minimum Gasteiger partial charge on any atom is -0.406 e. The highest BCUT2D eigenvalue weighted by Gasteiger charge is 2.31. The Morgan fingerprint density at radius 3 is 2.54 bits per heavy atom. The molecule has 0 aliphatic rings. The molecule has 3 rings (SSSR count). The summed E-state index contributed by atoms with van der Waals surface area (Å²) in [6, 6.07) is 6.08. The summed E-state index contributed by atoms with van der Waals surface area (Å²) in [4.78, 5) is 28.1. The summed E-state index contributed by atoms with van der Waals surface area (Å²) >= 11 is 2.04.